The monoisotopic (exact) mass is 440 g/mol. The van der Waals surface area contributed by atoms with Crippen molar-refractivity contribution in [3.63, 3.8) is 0 Å². The Bertz CT molecular complexity index is 1190. The number of aromatic nitrogens is 7. The third-order valence-corrected chi connectivity index (χ3v) is 5.58. The van der Waals surface area contributed by atoms with E-state index >= 15 is 0 Å². The van der Waals surface area contributed by atoms with E-state index in [0.29, 0.717) is 17.1 Å². The van der Waals surface area contributed by atoms with E-state index < -0.39 is 18.4 Å². The summed E-state index contributed by atoms with van der Waals surface area (Å²) < 4.78 is 31.8. The molecule has 0 unspecified atom stereocenters. The number of rotatable bonds is 7. The maximum Gasteiger partial charge on any atom is 0.261 e. The Labute approximate surface area is 182 Å². The van der Waals surface area contributed by atoms with Gasteiger partial charge in [-0.3, -0.25) is 9.67 Å². The molecule has 11 heteroatoms. The van der Waals surface area contributed by atoms with Crippen LogP contribution in [0.15, 0.2) is 47.6 Å². The number of hydrogen-bond donors (Lipinski definition) is 1. The molecular formula is C21H22F2N8O. The second kappa shape index (κ2) is 8.40. The van der Waals surface area contributed by atoms with Crippen LogP contribution in [0.5, 0.6) is 0 Å². The van der Waals surface area contributed by atoms with E-state index in [9.17, 15) is 8.78 Å². The lowest BCUT2D eigenvalue weighted by Gasteiger charge is -2.30. The van der Waals surface area contributed by atoms with Crippen LogP contribution in [0.3, 0.4) is 0 Å². The van der Waals surface area contributed by atoms with Gasteiger partial charge in [0.15, 0.2) is 5.82 Å². The molecule has 0 aliphatic rings. The second-order valence-corrected chi connectivity index (χ2v) is 7.88. The van der Waals surface area contributed by atoms with Gasteiger partial charge in [-0.05, 0) is 24.5 Å². The molecule has 0 radical (unpaired) electrons. The molecule has 0 aliphatic heterocycles. The van der Waals surface area contributed by atoms with Crippen LogP contribution in [-0.4, -0.2) is 41.3 Å². The minimum atomic E-state index is -2.50. The predicted molar refractivity (Wildman–Crippen MR) is 112 cm³/mol. The maximum absolute atomic E-state index is 12.6. The van der Waals surface area contributed by atoms with Gasteiger partial charge in [0.05, 0.1) is 22.9 Å². The van der Waals surface area contributed by atoms with Crippen molar-refractivity contribution in [2.45, 2.75) is 39.2 Å². The Hall–Kier alpha value is -3.76. The zero-order valence-corrected chi connectivity index (χ0v) is 17.8. The minimum absolute atomic E-state index is 0.0991. The zero-order chi connectivity index (χ0) is 22.9. The predicted octanol–water partition coefficient (Wildman–Crippen LogP) is 3.59. The van der Waals surface area contributed by atoms with E-state index in [-0.39, 0.29) is 17.8 Å². The first-order valence-electron chi connectivity index (χ1n) is 9.97. The summed E-state index contributed by atoms with van der Waals surface area (Å²) in [6.07, 6.45) is 5.39. The van der Waals surface area contributed by atoms with Crippen molar-refractivity contribution in [3.05, 3.63) is 54.5 Å². The van der Waals surface area contributed by atoms with Gasteiger partial charge in [0, 0.05) is 30.4 Å². The summed E-state index contributed by atoms with van der Waals surface area (Å²) in [7, 11) is 0. The van der Waals surface area contributed by atoms with Crippen LogP contribution in [0, 0.1) is 5.92 Å². The summed E-state index contributed by atoms with van der Waals surface area (Å²) in [6.45, 7) is 5.62. The first-order valence-corrected chi connectivity index (χ1v) is 9.97. The van der Waals surface area contributed by atoms with Crippen LogP contribution in [0.1, 0.15) is 32.2 Å². The highest BCUT2D eigenvalue weighted by molar-refractivity contribution is 5.58. The largest absolute Gasteiger partial charge is 0.368 e. The molecule has 0 spiro atoms. The van der Waals surface area contributed by atoms with Crippen LogP contribution < -0.4 is 5.73 Å². The van der Waals surface area contributed by atoms with Crippen LogP contribution >= 0.6 is 0 Å². The number of alkyl halides is 2. The van der Waals surface area contributed by atoms with Crippen molar-refractivity contribution in [3.8, 4) is 22.7 Å². The number of nitrogen functional groups attached to an aromatic ring is 1. The number of anilines is 1. The quantitative estimate of drug-likeness (QED) is 0.463. The lowest BCUT2D eigenvalue weighted by molar-refractivity contribution is 0.122. The van der Waals surface area contributed by atoms with Crippen LogP contribution in [0.4, 0.5) is 14.7 Å². The highest BCUT2D eigenvalue weighted by Crippen LogP contribution is 2.38. The molecule has 0 saturated carbocycles. The average Bonchev–Trinajstić information content (AvgIpc) is 3.43. The maximum atomic E-state index is 12.6. The molecule has 1 atom stereocenters. The Morgan fingerprint density at radius 3 is 2.44 bits per heavy atom. The van der Waals surface area contributed by atoms with Crippen molar-refractivity contribution in [1.29, 1.82) is 0 Å². The van der Waals surface area contributed by atoms with Gasteiger partial charge in [-0.2, -0.15) is 10.1 Å². The van der Waals surface area contributed by atoms with Crippen LogP contribution in [0.2, 0.25) is 0 Å². The standard InChI is InChI=1S/C21H22F2N8O/c1-12(2)21(3,15-4-5-16(25-9-15)13-6-26-20(24)27-7-13)19-29-18(32-30-19)14-8-28-31(10-14)11-17(22)23/h4-10,12,17H,11H2,1-3H3,(H2,24,26,27)/t21-/m0/s1. The number of halogens is 2. The van der Waals surface area contributed by atoms with Crippen molar-refractivity contribution in [1.82, 2.24) is 34.9 Å². The van der Waals surface area contributed by atoms with Gasteiger partial charge in [0.2, 0.25) is 5.95 Å². The molecule has 4 rings (SSSR count). The van der Waals surface area contributed by atoms with Gasteiger partial charge in [0.1, 0.15) is 6.54 Å². The summed E-state index contributed by atoms with van der Waals surface area (Å²) >= 11 is 0. The summed E-state index contributed by atoms with van der Waals surface area (Å²) in [5.74, 6) is 0.984. The third kappa shape index (κ3) is 4.05. The van der Waals surface area contributed by atoms with E-state index in [1.807, 2.05) is 19.1 Å². The highest BCUT2D eigenvalue weighted by atomic mass is 19.3. The van der Waals surface area contributed by atoms with E-state index in [0.717, 1.165) is 15.8 Å². The second-order valence-electron chi connectivity index (χ2n) is 7.88. The third-order valence-electron chi connectivity index (χ3n) is 5.58. The Balaban J connectivity index is 1.64. The van der Waals surface area contributed by atoms with Gasteiger partial charge >= 0.3 is 0 Å². The number of hydrogen-bond acceptors (Lipinski definition) is 8. The fourth-order valence-electron chi connectivity index (χ4n) is 3.33. The molecule has 0 aromatic carbocycles. The highest BCUT2D eigenvalue weighted by Gasteiger charge is 2.38. The lowest BCUT2D eigenvalue weighted by Crippen LogP contribution is -2.31. The van der Waals surface area contributed by atoms with Crippen molar-refractivity contribution in [2.24, 2.45) is 5.92 Å². The molecule has 0 bridgehead atoms. The van der Waals surface area contributed by atoms with Crippen molar-refractivity contribution < 1.29 is 13.3 Å². The molecule has 0 saturated heterocycles. The van der Waals surface area contributed by atoms with Gasteiger partial charge in [-0.25, -0.2) is 18.7 Å². The summed E-state index contributed by atoms with van der Waals surface area (Å²) in [4.78, 5) is 17.1. The van der Waals surface area contributed by atoms with Crippen LogP contribution in [-0.2, 0) is 12.0 Å². The summed E-state index contributed by atoms with van der Waals surface area (Å²) in [5, 5.41) is 8.11. The van der Waals surface area contributed by atoms with Crippen LogP contribution in [0.25, 0.3) is 22.7 Å². The van der Waals surface area contributed by atoms with Gasteiger partial charge < -0.3 is 10.3 Å². The average molecular weight is 440 g/mol. The molecule has 0 fully saturated rings. The molecule has 166 valence electrons. The Kier molecular flexibility index (Phi) is 5.64. The first-order chi connectivity index (χ1) is 15.3. The summed E-state index contributed by atoms with van der Waals surface area (Å²) in [6, 6.07) is 3.83. The SMILES string of the molecule is CC(C)[C@@](C)(c1ccc(-c2cnc(N)nc2)nc1)c1noc(-c2cnn(CC(F)F)c2)n1. The van der Waals surface area contributed by atoms with Gasteiger partial charge in [0.25, 0.3) is 12.3 Å². The number of nitrogens with two attached hydrogens (primary N) is 1. The molecule has 0 aliphatic carbocycles. The zero-order valence-electron chi connectivity index (χ0n) is 17.8. The number of pyridine rings is 1. The van der Waals surface area contributed by atoms with Gasteiger partial charge in [-0.15, -0.1) is 0 Å². The van der Waals surface area contributed by atoms with E-state index in [1.54, 1.807) is 18.6 Å². The van der Waals surface area contributed by atoms with Crippen molar-refractivity contribution >= 4 is 5.95 Å². The fourth-order valence-corrected chi connectivity index (χ4v) is 3.33. The molecule has 0 amide bonds. The topological polar surface area (TPSA) is 121 Å². The Morgan fingerprint density at radius 1 is 1.06 bits per heavy atom. The normalized spacial score (nSPS) is 13.6. The summed E-state index contributed by atoms with van der Waals surface area (Å²) in [5.41, 5.74) is 7.77. The Morgan fingerprint density at radius 2 is 1.81 bits per heavy atom. The molecule has 4 aromatic rings. The molecule has 2 N–H and O–H groups in total. The van der Waals surface area contributed by atoms with E-state index in [2.05, 4.69) is 44.0 Å². The lowest BCUT2D eigenvalue weighted by atomic mass is 9.73. The van der Waals surface area contributed by atoms with E-state index in [1.165, 1.54) is 12.4 Å². The molecule has 9 nitrogen and oxygen atoms in total. The molecular weight excluding hydrogens is 418 g/mol. The molecule has 32 heavy (non-hydrogen) atoms. The number of nitrogens with zero attached hydrogens (tertiary/aromatic N) is 7. The van der Waals surface area contributed by atoms with E-state index in [4.69, 9.17) is 10.3 Å². The smallest absolute Gasteiger partial charge is 0.261 e. The van der Waals surface area contributed by atoms with Gasteiger partial charge in [-0.1, -0.05) is 25.1 Å². The minimum Gasteiger partial charge on any atom is -0.368 e. The molecule has 4 aromatic heterocycles. The fraction of sp³-hybridized carbons (Fsp3) is 0.333. The first kappa shape index (κ1) is 21.5. The molecule has 4 heterocycles. The van der Waals surface area contributed by atoms with Crippen molar-refractivity contribution in [2.75, 3.05) is 5.73 Å².